The number of benzene rings is 1. The third kappa shape index (κ3) is 2.30. The summed E-state index contributed by atoms with van der Waals surface area (Å²) in [5, 5.41) is 13.1. The molecule has 2 aromatic rings. The van der Waals surface area contributed by atoms with E-state index in [0.717, 1.165) is 11.9 Å². The largest absolute Gasteiger partial charge is 0.352 e. The molecule has 0 aliphatic heterocycles. The Morgan fingerprint density at radius 1 is 1.38 bits per heavy atom. The lowest BCUT2D eigenvalue weighted by Gasteiger charge is -2.03. The number of nitrogens with one attached hydrogen (secondary N) is 2. The summed E-state index contributed by atoms with van der Waals surface area (Å²) < 4.78 is 0. The van der Waals surface area contributed by atoms with E-state index in [1.54, 1.807) is 18.2 Å². The topological polar surface area (TPSA) is 70.7 Å². The molecular weight excluding hydrogens is 228 g/mol. The number of hydrogen-bond donors (Lipinski definition) is 2. The van der Waals surface area contributed by atoms with Gasteiger partial charge in [-0.15, -0.1) is 11.6 Å². The summed E-state index contributed by atoms with van der Waals surface area (Å²) in [6, 6.07) is 5.19. The number of alkyl halides is 1. The second-order valence-electron chi connectivity index (χ2n) is 3.33. The highest BCUT2D eigenvalue weighted by atomic mass is 35.5. The fourth-order valence-electron chi connectivity index (χ4n) is 1.35. The zero-order valence-electron chi connectivity index (χ0n) is 8.53. The van der Waals surface area contributed by atoms with Gasteiger partial charge in [0.15, 0.2) is 0 Å². The molecule has 2 N–H and O–H groups in total. The van der Waals surface area contributed by atoms with Crippen molar-refractivity contribution in [1.82, 2.24) is 20.7 Å². The molecule has 0 saturated heterocycles. The maximum absolute atomic E-state index is 11.7. The van der Waals surface area contributed by atoms with Crippen molar-refractivity contribution in [1.29, 1.82) is 0 Å². The molecule has 1 heterocycles. The molecule has 0 aliphatic carbocycles. The van der Waals surface area contributed by atoms with Crippen molar-refractivity contribution in [2.24, 2.45) is 0 Å². The van der Waals surface area contributed by atoms with Gasteiger partial charge in [-0.1, -0.05) is 0 Å². The monoisotopic (exact) mass is 238 g/mol. The molecule has 0 spiro atoms. The van der Waals surface area contributed by atoms with Crippen molar-refractivity contribution in [2.45, 2.75) is 6.42 Å². The number of fused-ring (bicyclic) bond motifs is 1. The molecule has 6 heteroatoms. The molecule has 0 radical (unpaired) electrons. The van der Waals surface area contributed by atoms with Crippen molar-refractivity contribution in [3.63, 3.8) is 0 Å². The van der Waals surface area contributed by atoms with E-state index in [0.29, 0.717) is 23.5 Å². The van der Waals surface area contributed by atoms with Crippen molar-refractivity contribution in [2.75, 3.05) is 12.4 Å². The van der Waals surface area contributed by atoms with E-state index in [1.165, 1.54) is 0 Å². The molecular formula is C10H11ClN4O. The third-order valence-corrected chi connectivity index (χ3v) is 2.44. The Balaban J connectivity index is 2.10. The molecule has 0 fully saturated rings. The van der Waals surface area contributed by atoms with Crippen LogP contribution >= 0.6 is 11.6 Å². The lowest BCUT2D eigenvalue weighted by molar-refractivity contribution is 0.0954. The number of H-pyrrole nitrogens is 1. The minimum Gasteiger partial charge on any atom is -0.352 e. The first kappa shape index (κ1) is 10.9. The Morgan fingerprint density at radius 2 is 2.19 bits per heavy atom. The number of rotatable bonds is 4. The molecule has 84 valence electrons. The summed E-state index contributed by atoms with van der Waals surface area (Å²) in [5.41, 5.74) is 2.01. The van der Waals surface area contributed by atoms with Gasteiger partial charge < -0.3 is 5.32 Å². The van der Waals surface area contributed by atoms with Crippen LogP contribution in [0.25, 0.3) is 11.0 Å². The number of nitrogens with zero attached hydrogens (tertiary/aromatic N) is 2. The van der Waals surface area contributed by atoms with Gasteiger partial charge in [0, 0.05) is 18.0 Å². The van der Waals surface area contributed by atoms with Crippen LogP contribution in [-0.4, -0.2) is 33.7 Å². The Bertz CT molecular complexity index is 496. The summed E-state index contributed by atoms with van der Waals surface area (Å²) in [7, 11) is 0. The number of amides is 1. The van der Waals surface area contributed by atoms with E-state index in [9.17, 15) is 4.79 Å². The molecule has 1 aromatic carbocycles. The van der Waals surface area contributed by atoms with E-state index in [2.05, 4.69) is 20.7 Å². The predicted molar refractivity (Wildman–Crippen MR) is 61.6 cm³/mol. The number of aromatic nitrogens is 3. The van der Waals surface area contributed by atoms with Crippen LogP contribution in [0.1, 0.15) is 16.8 Å². The summed E-state index contributed by atoms with van der Waals surface area (Å²) >= 11 is 5.52. The van der Waals surface area contributed by atoms with Crippen LogP contribution in [0.4, 0.5) is 0 Å². The Labute approximate surface area is 97.2 Å². The van der Waals surface area contributed by atoms with E-state index in [-0.39, 0.29) is 5.91 Å². The van der Waals surface area contributed by atoms with E-state index >= 15 is 0 Å². The highest BCUT2D eigenvalue weighted by molar-refractivity contribution is 6.17. The van der Waals surface area contributed by atoms with Gasteiger partial charge in [0.1, 0.15) is 11.0 Å². The molecule has 0 bridgehead atoms. The Morgan fingerprint density at radius 3 is 3.00 bits per heavy atom. The van der Waals surface area contributed by atoms with Gasteiger partial charge >= 0.3 is 0 Å². The van der Waals surface area contributed by atoms with Crippen LogP contribution in [0.5, 0.6) is 0 Å². The third-order valence-electron chi connectivity index (χ3n) is 2.17. The maximum atomic E-state index is 11.7. The van der Waals surface area contributed by atoms with Crippen LogP contribution in [0, 0.1) is 0 Å². The average Bonchev–Trinajstić information content (AvgIpc) is 2.76. The van der Waals surface area contributed by atoms with Gasteiger partial charge in [0.25, 0.3) is 5.91 Å². The fourth-order valence-corrected chi connectivity index (χ4v) is 1.49. The second-order valence-corrected chi connectivity index (χ2v) is 3.70. The molecule has 1 aromatic heterocycles. The van der Waals surface area contributed by atoms with Crippen LogP contribution in [-0.2, 0) is 0 Å². The first-order chi connectivity index (χ1) is 7.81. The SMILES string of the molecule is O=C(NCCCCl)c1ccc2n[nH]nc2c1. The normalized spacial score (nSPS) is 10.6. The number of carbonyl (C=O) groups excluding carboxylic acids is 1. The highest BCUT2D eigenvalue weighted by Gasteiger charge is 2.06. The highest BCUT2D eigenvalue weighted by Crippen LogP contribution is 2.10. The van der Waals surface area contributed by atoms with E-state index in [1.807, 2.05) is 0 Å². The van der Waals surface area contributed by atoms with Gasteiger partial charge in [-0.3, -0.25) is 4.79 Å². The lowest BCUT2D eigenvalue weighted by atomic mass is 10.2. The average molecular weight is 239 g/mol. The molecule has 5 nitrogen and oxygen atoms in total. The second kappa shape index (κ2) is 4.94. The van der Waals surface area contributed by atoms with Gasteiger partial charge in [0.05, 0.1) is 0 Å². The lowest BCUT2D eigenvalue weighted by Crippen LogP contribution is -2.24. The molecule has 0 aliphatic rings. The van der Waals surface area contributed by atoms with Crippen LogP contribution in [0.2, 0.25) is 0 Å². The first-order valence-corrected chi connectivity index (χ1v) is 5.49. The zero-order chi connectivity index (χ0) is 11.4. The van der Waals surface area contributed by atoms with Crippen LogP contribution in [0.3, 0.4) is 0 Å². The van der Waals surface area contributed by atoms with Crippen LogP contribution < -0.4 is 5.32 Å². The minimum absolute atomic E-state index is 0.116. The molecule has 2 rings (SSSR count). The quantitative estimate of drug-likeness (QED) is 0.623. The summed E-state index contributed by atoms with van der Waals surface area (Å²) in [5.74, 6) is 0.429. The first-order valence-electron chi connectivity index (χ1n) is 4.96. The number of aromatic amines is 1. The van der Waals surface area contributed by atoms with Crippen molar-refractivity contribution in [3.8, 4) is 0 Å². The van der Waals surface area contributed by atoms with Gasteiger partial charge in [0.2, 0.25) is 0 Å². The van der Waals surface area contributed by atoms with Crippen molar-refractivity contribution >= 4 is 28.5 Å². The predicted octanol–water partition coefficient (Wildman–Crippen LogP) is 1.32. The Kier molecular flexibility index (Phi) is 3.36. The zero-order valence-corrected chi connectivity index (χ0v) is 9.29. The van der Waals surface area contributed by atoms with Gasteiger partial charge in [-0.25, -0.2) is 0 Å². The fraction of sp³-hybridized carbons (Fsp3) is 0.300. The number of hydrogen-bond acceptors (Lipinski definition) is 3. The Hall–Kier alpha value is -1.62. The molecule has 0 atom stereocenters. The van der Waals surface area contributed by atoms with Crippen LogP contribution in [0.15, 0.2) is 18.2 Å². The summed E-state index contributed by atoms with van der Waals surface area (Å²) in [6.45, 7) is 0.583. The van der Waals surface area contributed by atoms with Crippen molar-refractivity contribution < 1.29 is 4.79 Å². The molecule has 0 saturated carbocycles. The molecule has 1 amide bonds. The molecule has 16 heavy (non-hydrogen) atoms. The standard InChI is InChI=1S/C10H11ClN4O/c11-4-1-5-12-10(16)7-2-3-8-9(6-7)14-15-13-8/h2-3,6H,1,4-5H2,(H,12,16)(H,13,14,15). The summed E-state index contributed by atoms with van der Waals surface area (Å²) in [4.78, 5) is 11.7. The maximum Gasteiger partial charge on any atom is 0.251 e. The van der Waals surface area contributed by atoms with Gasteiger partial charge in [-0.05, 0) is 24.6 Å². The van der Waals surface area contributed by atoms with Crippen molar-refractivity contribution in [3.05, 3.63) is 23.8 Å². The summed E-state index contributed by atoms with van der Waals surface area (Å²) in [6.07, 6.45) is 0.763. The van der Waals surface area contributed by atoms with Gasteiger partial charge in [-0.2, -0.15) is 15.4 Å². The van der Waals surface area contributed by atoms with E-state index < -0.39 is 0 Å². The van der Waals surface area contributed by atoms with E-state index in [4.69, 9.17) is 11.6 Å². The smallest absolute Gasteiger partial charge is 0.251 e. The number of halogens is 1. The number of carbonyl (C=O) groups is 1. The minimum atomic E-state index is -0.116. The molecule has 0 unspecified atom stereocenters.